The quantitative estimate of drug-likeness (QED) is 0.818. The predicted octanol–water partition coefficient (Wildman–Crippen LogP) is 1.54. The lowest BCUT2D eigenvalue weighted by Crippen LogP contribution is -2.52. The Kier molecular flexibility index (Phi) is 3.06. The maximum absolute atomic E-state index is 12.0. The molecule has 0 spiro atoms. The average Bonchev–Trinajstić information content (AvgIpc) is 2.41. The topological polar surface area (TPSA) is 66.8 Å². The Hall–Kier alpha value is -2.30. The van der Waals surface area contributed by atoms with Crippen LogP contribution in [0.5, 0.6) is 0 Å². The summed E-state index contributed by atoms with van der Waals surface area (Å²) in [5, 5.41) is 9.32. The number of carboxylic acids is 1. The highest BCUT2D eigenvalue weighted by Crippen LogP contribution is 2.38. The molecule has 19 heavy (non-hydrogen) atoms. The van der Waals surface area contributed by atoms with Gasteiger partial charge in [-0.1, -0.05) is 18.2 Å². The zero-order chi connectivity index (χ0) is 14.2. The minimum atomic E-state index is -1.13. The molecule has 0 aromatic heterocycles. The molecule has 5 nitrogen and oxygen atoms in total. The van der Waals surface area contributed by atoms with E-state index in [4.69, 9.17) is 4.74 Å². The van der Waals surface area contributed by atoms with Crippen LogP contribution in [0.4, 0.5) is 5.69 Å². The predicted molar refractivity (Wildman–Crippen MR) is 70.9 cm³/mol. The second kappa shape index (κ2) is 4.42. The lowest BCUT2D eigenvalue weighted by molar-refractivity contribution is -0.144. The van der Waals surface area contributed by atoms with Crippen molar-refractivity contribution in [3.8, 4) is 0 Å². The van der Waals surface area contributed by atoms with E-state index in [9.17, 15) is 14.7 Å². The summed E-state index contributed by atoms with van der Waals surface area (Å²) in [5.74, 6) is -1.56. The van der Waals surface area contributed by atoms with Crippen molar-refractivity contribution < 1.29 is 19.4 Å². The van der Waals surface area contributed by atoms with E-state index in [2.05, 4.69) is 0 Å². The van der Waals surface area contributed by atoms with Gasteiger partial charge in [-0.05, 0) is 19.1 Å². The Balaban J connectivity index is 2.68. The van der Waals surface area contributed by atoms with Gasteiger partial charge in [-0.2, -0.15) is 0 Å². The molecule has 1 heterocycles. The van der Waals surface area contributed by atoms with Crippen LogP contribution in [0.1, 0.15) is 12.5 Å². The summed E-state index contributed by atoms with van der Waals surface area (Å²) in [6, 6.07) is 7.08. The van der Waals surface area contributed by atoms with E-state index >= 15 is 0 Å². The summed E-state index contributed by atoms with van der Waals surface area (Å²) in [7, 11) is 3.03. The molecule has 0 aliphatic carbocycles. The first kappa shape index (κ1) is 13.1. The van der Waals surface area contributed by atoms with Gasteiger partial charge in [-0.15, -0.1) is 0 Å². The zero-order valence-corrected chi connectivity index (χ0v) is 11.0. The molecule has 0 saturated heterocycles. The molecule has 0 bridgehead atoms. The second-order valence-corrected chi connectivity index (χ2v) is 4.58. The van der Waals surface area contributed by atoms with Gasteiger partial charge in [-0.3, -0.25) is 0 Å². The first-order valence-corrected chi connectivity index (χ1v) is 5.79. The van der Waals surface area contributed by atoms with Crippen LogP contribution in [0.2, 0.25) is 0 Å². The van der Waals surface area contributed by atoms with E-state index < -0.39 is 17.5 Å². The number of rotatable bonds is 2. The van der Waals surface area contributed by atoms with Crippen molar-refractivity contribution in [1.82, 2.24) is 0 Å². The van der Waals surface area contributed by atoms with E-state index in [-0.39, 0.29) is 5.57 Å². The standard InChI is InChI=1S/C14H15NO4/c1-14(13(18)19-3)8-10(12(16)17)9-6-4-5-7-11(9)15(14)2/h4-8H,1-3H3,(H,16,17). The van der Waals surface area contributed by atoms with Crippen LogP contribution in [-0.4, -0.2) is 36.7 Å². The van der Waals surface area contributed by atoms with E-state index in [1.165, 1.54) is 13.2 Å². The van der Waals surface area contributed by atoms with Crippen LogP contribution in [0.3, 0.4) is 0 Å². The first-order chi connectivity index (χ1) is 8.91. The van der Waals surface area contributed by atoms with Gasteiger partial charge in [0.25, 0.3) is 0 Å². The molecule has 1 atom stereocenters. The fourth-order valence-electron chi connectivity index (χ4n) is 2.28. The van der Waals surface area contributed by atoms with Crippen LogP contribution in [0.15, 0.2) is 30.3 Å². The lowest BCUT2D eigenvalue weighted by atomic mass is 9.87. The molecule has 1 aromatic rings. The summed E-state index contributed by atoms with van der Waals surface area (Å²) in [4.78, 5) is 25.1. The summed E-state index contributed by atoms with van der Waals surface area (Å²) in [5.41, 5.74) is 0.271. The first-order valence-electron chi connectivity index (χ1n) is 5.79. The summed E-state index contributed by atoms with van der Waals surface area (Å²) in [6.45, 7) is 1.64. The fourth-order valence-corrected chi connectivity index (χ4v) is 2.28. The summed E-state index contributed by atoms with van der Waals surface area (Å²) in [6.07, 6.45) is 1.43. The summed E-state index contributed by atoms with van der Waals surface area (Å²) >= 11 is 0. The smallest absolute Gasteiger partial charge is 0.336 e. The maximum Gasteiger partial charge on any atom is 0.336 e. The molecule has 1 N–H and O–H groups in total. The Morgan fingerprint density at radius 2 is 1.95 bits per heavy atom. The lowest BCUT2D eigenvalue weighted by Gasteiger charge is -2.40. The number of hydrogen-bond acceptors (Lipinski definition) is 4. The van der Waals surface area contributed by atoms with Crippen LogP contribution >= 0.6 is 0 Å². The van der Waals surface area contributed by atoms with E-state index in [1.807, 2.05) is 0 Å². The van der Waals surface area contributed by atoms with Crippen molar-refractivity contribution in [2.24, 2.45) is 0 Å². The van der Waals surface area contributed by atoms with E-state index in [0.29, 0.717) is 11.3 Å². The van der Waals surface area contributed by atoms with Crippen molar-refractivity contribution in [2.45, 2.75) is 12.5 Å². The Morgan fingerprint density at radius 3 is 2.53 bits per heavy atom. The molecule has 1 aliphatic heterocycles. The normalized spacial score (nSPS) is 21.4. The van der Waals surface area contributed by atoms with Crippen LogP contribution in [-0.2, 0) is 14.3 Å². The van der Waals surface area contributed by atoms with Crippen molar-refractivity contribution in [3.63, 3.8) is 0 Å². The monoisotopic (exact) mass is 261 g/mol. The van der Waals surface area contributed by atoms with Crippen molar-refractivity contribution in [1.29, 1.82) is 0 Å². The molecule has 1 unspecified atom stereocenters. The number of hydrogen-bond donors (Lipinski definition) is 1. The molecule has 0 saturated carbocycles. The molecule has 0 amide bonds. The number of carbonyl (C=O) groups excluding carboxylic acids is 1. The number of esters is 1. The number of para-hydroxylation sites is 1. The third-order valence-electron chi connectivity index (χ3n) is 3.51. The highest BCUT2D eigenvalue weighted by Gasteiger charge is 2.42. The summed E-state index contributed by atoms with van der Waals surface area (Å²) < 4.78 is 4.79. The van der Waals surface area contributed by atoms with Gasteiger partial charge in [0.1, 0.15) is 0 Å². The van der Waals surface area contributed by atoms with Gasteiger partial charge in [-0.25, -0.2) is 9.59 Å². The minimum Gasteiger partial charge on any atom is -0.478 e. The number of aliphatic carboxylic acids is 1. The molecular formula is C14H15NO4. The number of methoxy groups -OCH3 is 1. The zero-order valence-electron chi connectivity index (χ0n) is 11.0. The van der Waals surface area contributed by atoms with Gasteiger partial charge in [0.15, 0.2) is 5.54 Å². The second-order valence-electron chi connectivity index (χ2n) is 4.58. The number of ether oxygens (including phenoxy) is 1. The number of nitrogens with zero attached hydrogens (tertiary/aromatic N) is 1. The molecule has 0 radical (unpaired) electrons. The minimum absolute atomic E-state index is 0.113. The van der Waals surface area contributed by atoms with Crippen LogP contribution in [0, 0.1) is 0 Å². The molecule has 0 fully saturated rings. The van der Waals surface area contributed by atoms with Crippen LogP contribution < -0.4 is 4.90 Å². The number of carboxylic acid groups (broad SMARTS) is 1. The molecule has 100 valence electrons. The van der Waals surface area contributed by atoms with Crippen molar-refractivity contribution in [3.05, 3.63) is 35.9 Å². The largest absolute Gasteiger partial charge is 0.478 e. The molecular weight excluding hydrogens is 246 g/mol. The highest BCUT2D eigenvalue weighted by atomic mass is 16.5. The van der Waals surface area contributed by atoms with Crippen LogP contribution in [0.25, 0.3) is 5.57 Å². The number of carbonyl (C=O) groups is 2. The molecule has 5 heteroatoms. The Labute approximate surface area is 111 Å². The number of benzene rings is 1. The van der Waals surface area contributed by atoms with Gasteiger partial charge < -0.3 is 14.7 Å². The van der Waals surface area contributed by atoms with Gasteiger partial charge in [0.2, 0.25) is 0 Å². The van der Waals surface area contributed by atoms with Gasteiger partial charge >= 0.3 is 11.9 Å². The fraction of sp³-hybridized carbons (Fsp3) is 0.286. The molecule has 1 aromatic carbocycles. The van der Waals surface area contributed by atoms with E-state index in [0.717, 1.165) is 0 Å². The number of fused-ring (bicyclic) bond motifs is 1. The molecule has 2 rings (SSSR count). The van der Waals surface area contributed by atoms with Gasteiger partial charge in [0, 0.05) is 18.3 Å². The SMILES string of the molecule is COC(=O)C1(C)C=C(C(=O)O)c2ccccc2N1C. The Bertz CT molecular complexity index is 579. The molecule has 1 aliphatic rings. The number of anilines is 1. The van der Waals surface area contributed by atoms with Gasteiger partial charge in [0.05, 0.1) is 12.7 Å². The Morgan fingerprint density at radius 1 is 1.32 bits per heavy atom. The van der Waals surface area contributed by atoms with E-state index in [1.54, 1.807) is 43.1 Å². The van der Waals surface area contributed by atoms with Crippen molar-refractivity contribution >= 4 is 23.2 Å². The maximum atomic E-state index is 12.0. The van der Waals surface area contributed by atoms with Crippen molar-refractivity contribution in [2.75, 3.05) is 19.1 Å². The number of likely N-dealkylation sites (N-methyl/N-ethyl adjacent to an activating group) is 1. The third kappa shape index (κ3) is 1.87. The highest BCUT2D eigenvalue weighted by molar-refractivity contribution is 6.19. The average molecular weight is 261 g/mol. The third-order valence-corrected chi connectivity index (χ3v) is 3.51.